The van der Waals surface area contributed by atoms with Crippen LogP contribution in [0.25, 0.3) is 0 Å². The third-order valence-corrected chi connectivity index (χ3v) is 9.43. The van der Waals surface area contributed by atoms with Crippen molar-refractivity contribution < 1.29 is 13.2 Å². The number of halogens is 1. The number of nitrogens with zero attached hydrogens (tertiary/aromatic N) is 2. The Kier molecular flexibility index (Phi) is 6.32. The summed E-state index contributed by atoms with van der Waals surface area (Å²) in [6.07, 6.45) is 3.63. The highest BCUT2D eigenvalue weighted by Gasteiger charge is 2.35. The highest BCUT2D eigenvalue weighted by Crippen LogP contribution is 2.33. The third-order valence-electron chi connectivity index (χ3n) is 5.83. The van der Waals surface area contributed by atoms with Crippen LogP contribution in [0.1, 0.15) is 39.5 Å². The molecular formula is C18H27ClN2O3S2. The Bertz CT molecular complexity index is 733. The van der Waals surface area contributed by atoms with Gasteiger partial charge in [-0.05, 0) is 49.7 Å². The summed E-state index contributed by atoms with van der Waals surface area (Å²) >= 11 is 6.98. The van der Waals surface area contributed by atoms with Crippen LogP contribution in [-0.4, -0.2) is 49.7 Å². The van der Waals surface area contributed by atoms with Gasteiger partial charge in [-0.25, -0.2) is 8.42 Å². The largest absolute Gasteiger partial charge is 0.342 e. The van der Waals surface area contributed by atoms with Gasteiger partial charge >= 0.3 is 0 Å². The first-order valence-corrected chi connectivity index (χ1v) is 12.0. The fraction of sp³-hybridized carbons (Fsp3) is 0.722. The third kappa shape index (κ3) is 4.26. The van der Waals surface area contributed by atoms with Gasteiger partial charge in [-0.2, -0.15) is 4.31 Å². The van der Waals surface area contributed by atoms with Crippen LogP contribution < -0.4 is 0 Å². The molecule has 2 saturated heterocycles. The average Bonchev–Trinajstić information content (AvgIpc) is 3.08. The molecule has 0 radical (unpaired) electrons. The van der Waals surface area contributed by atoms with Gasteiger partial charge in [0.1, 0.15) is 4.21 Å². The second-order valence-electron chi connectivity index (χ2n) is 7.60. The molecule has 146 valence electrons. The molecule has 1 aromatic heterocycles. The summed E-state index contributed by atoms with van der Waals surface area (Å²) in [6, 6.07) is 3.18. The topological polar surface area (TPSA) is 57.7 Å². The Labute approximate surface area is 165 Å². The molecular weight excluding hydrogens is 392 g/mol. The molecule has 3 rings (SSSR count). The SMILES string of the molecule is CC1CCN(C(=O)[C@H](C)C2CCN(S(=O)(=O)c3ccc(Cl)s3)CC2)CC1. The molecule has 0 spiro atoms. The molecule has 26 heavy (non-hydrogen) atoms. The van der Waals surface area contributed by atoms with Gasteiger partial charge in [-0.3, -0.25) is 4.79 Å². The summed E-state index contributed by atoms with van der Waals surface area (Å²) in [5.41, 5.74) is 0. The predicted octanol–water partition coefficient (Wildman–Crippen LogP) is 3.70. The lowest BCUT2D eigenvalue weighted by molar-refractivity contribution is -0.138. The Morgan fingerprint density at radius 3 is 2.31 bits per heavy atom. The maximum atomic E-state index is 12.8. The molecule has 2 aliphatic heterocycles. The number of hydrogen-bond acceptors (Lipinski definition) is 4. The van der Waals surface area contributed by atoms with Gasteiger partial charge in [0, 0.05) is 32.1 Å². The number of hydrogen-bond donors (Lipinski definition) is 0. The molecule has 1 amide bonds. The Hall–Kier alpha value is -0.630. The fourth-order valence-electron chi connectivity index (χ4n) is 3.90. The predicted molar refractivity (Wildman–Crippen MR) is 105 cm³/mol. The van der Waals surface area contributed by atoms with Gasteiger partial charge in [-0.1, -0.05) is 25.4 Å². The second-order valence-corrected chi connectivity index (χ2v) is 11.5. The van der Waals surface area contributed by atoms with Crippen molar-refractivity contribution in [2.75, 3.05) is 26.2 Å². The van der Waals surface area contributed by atoms with E-state index in [9.17, 15) is 13.2 Å². The zero-order valence-corrected chi connectivity index (χ0v) is 17.7. The number of piperidine rings is 2. The van der Waals surface area contributed by atoms with Gasteiger partial charge in [-0.15, -0.1) is 11.3 Å². The molecule has 0 unspecified atom stereocenters. The maximum Gasteiger partial charge on any atom is 0.252 e. The van der Waals surface area contributed by atoms with Crippen LogP contribution in [0.2, 0.25) is 4.34 Å². The van der Waals surface area contributed by atoms with Crippen molar-refractivity contribution in [2.24, 2.45) is 17.8 Å². The smallest absolute Gasteiger partial charge is 0.252 e. The molecule has 2 aliphatic rings. The number of sulfonamides is 1. The number of rotatable bonds is 4. The van der Waals surface area contributed by atoms with E-state index < -0.39 is 10.0 Å². The molecule has 1 aromatic rings. The number of likely N-dealkylation sites (tertiary alicyclic amines) is 1. The maximum absolute atomic E-state index is 12.8. The van der Waals surface area contributed by atoms with E-state index in [2.05, 4.69) is 6.92 Å². The monoisotopic (exact) mass is 418 g/mol. The molecule has 3 heterocycles. The number of amides is 1. The molecule has 5 nitrogen and oxygen atoms in total. The molecule has 1 atom stereocenters. The fourth-order valence-corrected chi connectivity index (χ4v) is 7.01. The van der Waals surface area contributed by atoms with Crippen molar-refractivity contribution >= 4 is 38.9 Å². The highest BCUT2D eigenvalue weighted by molar-refractivity contribution is 7.91. The molecule has 2 fully saturated rings. The van der Waals surface area contributed by atoms with Crippen molar-refractivity contribution in [3.8, 4) is 0 Å². The van der Waals surface area contributed by atoms with Crippen LogP contribution >= 0.6 is 22.9 Å². The van der Waals surface area contributed by atoms with E-state index in [0.717, 1.165) is 50.1 Å². The molecule has 0 aliphatic carbocycles. The number of carbonyl (C=O) groups is 1. The van der Waals surface area contributed by atoms with Crippen LogP contribution in [0, 0.1) is 17.8 Å². The normalized spacial score (nSPS) is 22.5. The van der Waals surface area contributed by atoms with Crippen LogP contribution in [-0.2, 0) is 14.8 Å². The Morgan fingerprint density at radius 1 is 1.15 bits per heavy atom. The minimum Gasteiger partial charge on any atom is -0.342 e. The highest BCUT2D eigenvalue weighted by atomic mass is 35.5. The van der Waals surface area contributed by atoms with Crippen molar-refractivity contribution in [2.45, 2.75) is 43.7 Å². The van der Waals surface area contributed by atoms with E-state index in [-0.39, 0.29) is 17.7 Å². The van der Waals surface area contributed by atoms with Crippen molar-refractivity contribution in [1.29, 1.82) is 0 Å². The zero-order valence-electron chi connectivity index (χ0n) is 15.4. The molecule has 0 bridgehead atoms. The lowest BCUT2D eigenvalue weighted by Crippen LogP contribution is -2.45. The van der Waals surface area contributed by atoms with Crippen LogP contribution in [0.3, 0.4) is 0 Å². The standard InChI is InChI=1S/C18H27ClN2O3S2/c1-13-5-9-20(10-6-13)18(22)14(2)15-7-11-21(12-8-15)26(23,24)17-4-3-16(19)25-17/h3-4,13-15H,5-12H2,1-2H3/t14-/m1/s1. The molecule has 0 aromatic carbocycles. The number of carbonyl (C=O) groups excluding carboxylic acids is 1. The van der Waals surface area contributed by atoms with E-state index >= 15 is 0 Å². The van der Waals surface area contributed by atoms with Gasteiger partial charge in [0.2, 0.25) is 5.91 Å². The summed E-state index contributed by atoms with van der Waals surface area (Å²) < 4.78 is 27.7. The van der Waals surface area contributed by atoms with Gasteiger partial charge in [0.15, 0.2) is 0 Å². The van der Waals surface area contributed by atoms with Gasteiger partial charge in [0.25, 0.3) is 10.0 Å². The van der Waals surface area contributed by atoms with Crippen LogP contribution in [0.4, 0.5) is 0 Å². The summed E-state index contributed by atoms with van der Waals surface area (Å²) in [5.74, 6) is 1.15. The molecule has 8 heteroatoms. The summed E-state index contributed by atoms with van der Waals surface area (Å²) in [4.78, 5) is 14.8. The first kappa shape index (κ1) is 20.1. The quantitative estimate of drug-likeness (QED) is 0.749. The molecule has 0 N–H and O–H groups in total. The first-order chi connectivity index (χ1) is 12.3. The van der Waals surface area contributed by atoms with Gasteiger partial charge < -0.3 is 4.90 Å². The summed E-state index contributed by atoms with van der Waals surface area (Å²) in [6.45, 7) is 6.90. The van der Waals surface area contributed by atoms with Crippen molar-refractivity contribution in [3.63, 3.8) is 0 Å². The minimum atomic E-state index is -3.47. The van der Waals surface area contributed by atoms with Crippen molar-refractivity contribution in [3.05, 3.63) is 16.5 Å². The molecule has 0 saturated carbocycles. The second kappa shape index (κ2) is 8.17. The lowest BCUT2D eigenvalue weighted by atomic mass is 9.84. The van der Waals surface area contributed by atoms with Crippen LogP contribution in [0.5, 0.6) is 0 Å². The summed E-state index contributed by atoms with van der Waals surface area (Å²) in [7, 11) is -3.47. The Morgan fingerprint density at radius 2 is 1.77 bits per heavy atom. The van der Waals surface area contributed by atoms with E-state index in [1.807, 2.05) is 11.8 Å². The van der Waals surface area contributed by atoms with E-state index in [1.165, 1.54) is 4.31 Å². The van der Waals surface area contributed by atoms with E-state index in [1.54, 1.807) is 12.1 Å². The Balaban J connectivity index is 1.57. The summed E-state index contributed by atoms with van der Waals surface area (Å²) in [5, 5.41) is 0. The first-order valence-electron chi connectivity index (χ1n) is 9.33. The number of thiophene rings is 1. The lowest BCUT2D eigenvalue weighted by Gasteiger charge is -2.37. The van der Waals surface area contributed by atoms with Gasteiger partial charge in [0.05, 0.1) is 4.34 Å². The van der Waals surface area contributed by atoms with E-state index in [4.69, 9.17) is 11.6 Å². The van der Waals surface area contributed by atoms with Crippen molar-refractivity contribution in [1.82, 2.24) is 9.21 Å². The minimum absolute atomic E-state index is 0.0376. The average molecular weight is 419 g/mol. The van der Waals surface area contributed by atoms with Crippen LogP contribution in [0.15, 0.2) is 16.3 Å². The van der Waals surface area contributed by atoms with E-state index in [0.29, 0.717) is 27.6 Å². The zero-order chi connectivity index (χ0) is 18.9.